The molecule has 20 heavy (non-hydrogen) atoms. The molecule has 1 aromatic carbocycles. The normalized spacial score (nSPS) is 21.6. The van der Waals surface area contributed by atoms with Gasteiger partial charge in [-0.05, 0) is 30.5 Å². The quantitative estimate of drug-likeness (QED) is 0.771. The number of aryl methyl sites for hydroxylation is 1. The number of carbonyl (C=O) groups excluding carboxylic acids is 2. The minimum Gasteiger partial charge on any atom is -0.493 e. The van der Waals surface area contributed by atoms with E-state index in [1.165, 1.54) is 19.3 Å². The lowest BCUT2D eigenvalue weighted by atomic mass is 9.91. The van der Waals surface area contributed by atoms with Crippen LogP contribution < -0.4 is 4.74 Å². The van der Waals surface area contributed by atoms with Gasteiger partial charge < -0.3 is 9.47 Å². The third-order valence-electron chi connectivity index (χ3n) is 3.54. The van der Waals surface area contributed by atoms with Crippen LogP contribution >= 0.6 is 0 Å². The Hall–Kier alpha value is -2.36. The lowest BCUT2D eigenvalue weighted by Gasteiger charge is -2.28. The molecule has 1 heterocycles. The van der Waals surface area contributed by atoms with E-state index in [-0.39, 0.29) is 23.4 Å². The Morgan fingerprint density at radius 3 is 2.80 bits per heavy atom. The molecular weight excluding hydrogens is 256 g/mol. The molecule has 1 aromatic rings. The van der Waals surface area contributed by atoms with E-state index in [4.69, 9.17) is 9.47 Å². The van der Waals surface area contributed by atoms with Crippen molar-refractivity contribution in [2.45, 2.75) is 18.9 Å². The Balaban J connectivity index is 1.88. The maximum atomic E-state index is 12.2. The van der Waals surface area contributed by atoms with Gasteiger partial charge in [0.15, 0.2) is 11.5 Å². The number of ether oxygens (including phenoxy) is 2. The number of methoxy groups -OCH3 is 1. The van der Waals surface area contributed by atoms with Crippen LogP contribution in [-0.4, -0.2) is 24.8 Å². The maximum Gasteiger partial charge on any atom is 0.227 e. The number of fused-ring (bicyclic) bond motifs is 1. The number of hydrogen-bond acceptors (Lipinski definition) is 4. The van der Waals surface area contributed by atoms with Crippen LogP contribution in [0, 0.1) is 0 Å². The summed E-state index contributed by atoms with van der Waals surface area (Å²) >= 11 is 0. The molecule has 4 heteroatoms. The third kappa shape index (κ3) is 2.13. The van der Waals surface area contributed by atoms with Crippen molar-refractivity contribution in [3.05, 3.63) is 53.3 Å². The van der Waals surface area contributed by atoms with Crippen LogP contribution in [0.5, 0.6) is 5.75 Å². The summed E-state index contributed by atoms with van der Waals surface area (Å²) in [4.78, 5) is 23.9. The number of para-hydroxylation sites is 1. The standard InChI is InChI=1S/C16H14O4/c1-19-15-9-11(17)8-12(16(15)18)14-7-6-10-4-2-3-5-13(10)20-14/h2-5,8-9,14H,6-7H2,1H3. The smallest absolute Gasteiger partial charge is 0.227 e. The van der Waals surface area contributed by atoms with Crippen LogP contribution in [0.25, 0.3) is 0 Å². The first kappa shape index (κ1) is 12.7. The molecule has 0 saturated heterocycles. The molecule has 1 aliphatic carbocycles. The van der Waals surface area contributed by atoms with Crippen LogP contribution in [0.2, 0.25) is 0 Å². The molecule has 1 atom stereocenters. The molecule has 0 spiro atoms. The summed E-state index contributed by atoms with van der Waals surface area (Å²) in [5.74, 6) is 0.351. The van der Waals surface area contributed by atoms with Gasteiger partial charge in [-0.15, -0.1) is 0 Å². The van der Waals surface area contributed by atoms with E-state index in [2.05, 4.69) is 0 Å². The summed E-state index contributed by atoms with van der Waals surface area (Å²) in [6.07, 6.45) is 3.68. The predicted octanol–water partition coefficient (Wildman–Crippen LogP) is 1.99. The van der Waals surface area contributed by atoms with Crippen molar-refractivity contribution in [3.63, 3.8) is 0 Å². The van der Waals surface area contributed by atoms with Gasteiger partial charge in [0.2, 0.25) is 5.78 Å². The first-order valence-electron chi connectivity index (χ1n) is 6.49. The molecule has 0 bridgehead atoms. The molecule has 2 aliphatic rings. The lowest BCUT2D eigenvalue weighted by Crippen LogP contribution is -2.31. The highest BCUT2D eigenvalue weighted by Gasteiger charge is 2.32. The van der Waals surface area contributed by atoms with Gasteiger partial charge >= 0.3 is 0 Å². The molecule has 0 N–H and O–H groups in total. The summed E-state index contributed by atoms with van der Waals surface area (Å²) in [5, 5.41) is 0. The fourth-order valence-electron chi connectivity index (χ4n) is 2.53. The molecule has 1 aliphatic heterocycles. The van der Waals surface area contributed by atoms with Gasteiger partial charge in [0.05, 0.1) is 7.11 Å². The van der Waals surface area contributed by atoms with Crippen molar-refractivity contribution in [2.24, 2.45) is 0 Å². The molecule has 0 saturated carbocycles. The molecule has 0 radical (unpaired) electrons. The number of ketones is 2. The van der Waals surface area contributed by atoms with E-state index in [0.717, 1.165) is 17.7 Å². The zero-order valence-electron chi connectivity index (χ0n) is 11.1. The molecule has 102 valence electrons. The van der Waals surface area contributed by atoms with Crippen molar-refractivity contribution < 1.29 is 19.1 Å². The first-order valence-corrected chi connectivity index (χ1v) is 6.49. The molecule has 4 nitrogen and oxygen atoms in total. The second-order valence-corrected chi connectivity index (χ2v) is 4.80. The minimum atomic E-state index is -0.389. The predicted molar refractivity (Wildman–Crippen MR) is 72.4 cm³/mol. The Morgan fingerprint density at radius 2 is 2.00 bits per heavy atom. The van der Waals surface area contributed by atoms with Crippen molar-refractivity contribution in [1.29, 1.82) is 0 Å². The fraction of sp³-hybridized carbons (Fsp3) is 0.250. The summed E-state index contributed by atoms with van der Waals surface area (Å²) in [7, 11) is 1.39. The van der Waals surface area contributed by atoms with Gasteiger partial charge in [0.25, 0.3) is 0 Å². The highest BCUT2D eigenvalue weighted by atomic mass is 16.5. The van der Waals surface area contributed by atoms with Crippen LogP contribution in [0.15, 0.2) is 47.7 Å². The van der Waals surface area contributed by atoms with Crippen molar-refractivity contribution >= 4 is 11.6 Å². The van der Waals surface area contributed by atoms with E-state index in [1.54, 1.807) is 0 Å². The zero-order valence-corrected chi connectivity index (χ0v) is 11.1. The Morgan fingerprint density at radius 1 is 1.20 bits per heavy atom. The zero-order chi connectivity index (χ0) is 14.1. The molecule has 0 amide bonds. The molecular formula is C16H14O4. The Labute approximate surface area is 116 Å². The summed E-state index contributed by atoms with van der Waals surface area (Å²) in [5.41, 5.74) is 1.50. The highest BCUT2D eigenvalue weighted by molar-refractivity contribution is 6.19. The van der Waals surface area contributed by atoms with Gasteiger partial charge in [-0.3, -0.25) is 9.59 Å². The maximum absolute atomic E-state index is 12.2. The third-order valence-corrected chi connectivity index (χ3v) is 3.54. The summed E-state index contributed by atoms with van der Waals surface area (Å²) in [6.45, 7) is 0. The number of hydrogen-bond donors (Lipinski definition) is 0. The van der Waals surface area contributed by atoms with Crippen LogP contribution in [0.4, 0.5) is 0 Å². The number of Topliss-reactive ketones (excluding diaryl/α,β-unsaturated/α-hetero) is 1. The van der Waals surface area contributed by atoms with Crippen LogP contribution in [0.3, 0.4) is 0 Å². The van der Waals surface area contributed by atoms with E-state index in [0.29, 0.717) is 12.0 Å². The number of carbonyl (C=O) groups is 2. The van der Waals surface area contributed by atoms with Gasteiger partial charge in [0, 0.05) is 11.6 Å². The second kappa shape index (κ2) is 4.96. The van der Waals surface area contributed by atoms with Crippen LogP contribution in [-0.2, 0) is 20.7 Å². The van der Waals surface area contributed by atoms with E-state index in [1.807, 2.05) is 24.3 Å². The average Bonchev–Trinajstić information content (AvgIpc) is 2.48. The fourth-order valence-corrected chi connectivity index (χ4v) is 2.53. The van der Waals surface area contributed by atoms with Crippen LogP contribution in [0.1, 0.15) is 12.0 Å². The first-order chi connectivity index (χ1) is 9.69. The van der Waals surface area contributed by atoms with E-state index >= 15 is 0 Å². The highest BCUT2D eigenvalue weighted by Crippen LogP contribution is 2.31. The van der Waals surface area contributed by atoms with Gasteiger partial charge in [-0.25, -0.2) is 0 Å². The number of allylic oxidation sites excluding steroid dienone is 3. The average molecular weight is 270 g/mol. The monoisotopic (exact) mass is 270 g/mol. The molecule has 1 unspecified atom stereocenters. The Bertz CT molecular complexity index is 640. The minimum absolute atomic E-state index is 0.0787. The summed E-state index contributed by atoms with van der Waals surface area (Å²) in [6, 6.07) is 7.74. The van der Waals surface area contributed by atoms with Crippen molar-refractivity contribution in [2.75, 3.05) is 7.11 Å². The molecule has 0 fully saturated rings. The topological polar surface area (TPSA) is 52.6 Å². The van der Waals surface area contributed by atoms with Gasteiger partial charge in [-0.1, -0.05) is 18.2 Å². The van der Waals surface area contributed by atoms with Gasteiger partial charge in [0.1, 0.15) is 11.9 Å². The molecule has 0 aromatic heterocycles. The van der Waals surface area contributed by atoms with E-state index < -0.39 is 0 Å². The summed E-state index contributed by atoms with van der Waals surface area (Å²) < 4.78 is 10.8. The Kier molecular flexibility index (Phi) is 3.14. The number of rotatable bonds is 2. The largest absolute Gasteiger partial charge is 0.493 e. The second-order valence-electron chi connectivity index (χ2n) is 4.80. The van der Waals surface area contributed by atoms with Crippen molar-refractivity contribution in [1.82, 2.24) is 0 Å². The SMILES string of the molecule is COC1=CC(=O)C=C(C2CCc3ccccc3O2)C1=O. The van der Waals surface area contributed by atoms with Gasteiger partial charge in [-0.2, -0.15) is 0 Å². The molecule has 3 rings (SSSR count). The van der Waals surface area contributed by atoms with E-state index in [9.17, 15) is 9.59 Å². The lowest BCUT2D eigenvalue weighted by molar-refractivity contribution is -0.118. The number of benzene rings is 1. The van der Waals surface area contributed by atoms with Crippen molar-refractivity contribution in [3.8, 4) is 5.75 Å².